The number of imidazole rings is 1. The summed E-state index contributed by atoms with van der Waals surface area (Å²) in [7, 11) is -1.34. The van der Waals surface area contributed by atoms with E-state index in [9.17, 15) is 0 Å². The predicted molar refractivity (Wildman–Crippen MR) is 245 cm³/mol. The molecule has 7 heteroatoms. The number of pyridine rings is 2. The second-order valence-corrected chi connectivity index (χ2v) is 21.4. The van der Waals surface area contributed by atoms with Gasteiger partial charge in [-0.1, -0.05) is 127 Å². The molecule has 0 N–H and O–H groups in total. The van der Waals surface area contributed by atoms with Crippen molar-refractivity contribution in [2.45, 2.75) is 72.9 Å². The number of aryl methyl sites for hydroxylation is 2. The summed E-state index contributed by atoms with van der Waals surface area (Å²) in [5, 5.41) is 2.48. The summed E-state index contributed by atoms with van der Waals surface area (Å²) in [4.78, 5) is 14.1. The third-order valence-electron chi connectivity index (χ3n) is 10.6. The Hall–Kier alpha value is -5.46. The van der Waals surface area contributed by atoms with Gasteiger partial charge in [0.05, 0.1) is 30.5 Å². The number of para-hydroxylation sites is 2. The maximum absolute atomic E-state index is 8.28. The Labute approximate surface area is 371 Å². The van der Waals surface area contributed by atoms with Gasteiger partial charge in [-0.15, -0.1) is 53.1 Å². The maximum Gasteiger partial charge on any atom is 0.216 e. The normalized spacial score (nSPS) is 13.6. The number of fused-ring (bicyclic) bond motifs is 4. The predicted octanol–water partition coefficient (Wildman–Crippen LogP) is 13.4. The van der Waals surface area contributed by atoms with Gasteiger partial charge < -0.3 is 14.0 Å². The van der Waals surface area contributed by atoms with Crippen molar-refractivity contribution in [3.63, 3.8) is 0 Å². The molecular weight excluding hydrogens is 917 g/mol. The average molecular weight is 973 g/mol. The number of nitrogens with zero attached hydrogens (tertiary/aromatic N) is 4. The molecule has 299 valence electrons. The van der Waals surface area contributed by atoms with Gasteiger partial charge in [0.25, 0.3) is 0 Å². The van der Waals surface area contributed by atoms with Crippen molar-refractivity contribution >= 4 is 46.4 Å². The summed E-state index contributed by atoms with van der Waals surface area (Å²) in [6.45, 7) is 11.3. The van der Waals surface area contributed by atoms with Gasteiger partial charge in [-0.05, 0) is 81.4 Å². The molecule has 4 aromatic heterocycles. The second kappa shape index (κ2) is 17.0. The van der Waals surface area contributed by atoms with Gasteiger partial charge >= 0.3 is 0 Å². The van der Waals surface area contributed by atoms with Crippen LogP contribution < -0.4 is 5.19 Å². The number of furan rings is 1. The van der Waals surface area contributed by atoms with Crippen molar-refractivity contribution < 1.29 is 32.7 Å². The molecule has 0 saturated carbocycles. The van der Waals surface area contributed by atoms with E-state index >= 15 is 0 Å². The first-order chi connectivity index (χ1) is 30.3. The van der Waals surface area contributed by atoms with Crippen LogP contribution in [0.25, 0.3) is 72.6 Å². The standard InChI is InChI=1S/C37H32N3O.C15H18NSi.Ir/c1-22(2)29-20-26(25-12-7-6-8-13-25)21-30(23(3)4)34(29)40-32-16-10-9-15-31(32)39-36(40)28-18-17-24(5)33-27-14-11-19-38-37(27)41-35(28)33;1-12-5-7-13(8-6-12)15-10-9-14(11-16-15)17(2,3)4;/h6-17,19-23H,1-5H3;5-7,9-11H,1-4H3;/q2*-1;/i5D3;1D3;. The number of rotatable bonds is 7. The second-order valence-electron chi connectivity index (χ2n) is 16.4. The fourth-order valence-electron chi connectivity index (χ4n) is 7.44. The van der Waals surface area contributed by atoms with Crippen molar-refractivity contribution in [3.05, 3.63) is 162 Å². The molecule has 9 aromatic rings. The fourth-order valence-corrected chi connectivity index (χ4v) is 8.48. The van der Waals surface area contributed by atoms with E-state index in [4.69, 9.17) is 17.6 Å². The van der Waals surface area contributed by atoms with Crippen LogP contribution >= 0.6 is 0 Å². The Bertz CT molecular complexity index is 3030. The Morgan fingerprint density at radius 1 is 0.746 bits per heavy atom. The third kappa shape index (κ3) is 8.25. The summed E-state index contributed by atoms with van der Waals surface area (Å²) < 4.78 is 55.4. The third-order valence-corrected chi connectivity index (χ3v) is 12.6. The van der Waals surface area contributed by atoms with Crippen LogP contribution in [0.5, 0.6) is 0 Å². The molecule has 4 heterocycles. The SMILES string of the molecule is [2H]C([2H])([2H])c1c[c-]c(-c2ccc([Si](C)(C)C)cn2)cc1.[2H]C([2H])([2H])c1c[c-]c(-c2nc3ccccc3n2-c2c(C(C)C)cc(-c3ccccc3)cc2C(C)C)c2oc3ncccc3c12.[Ir]. The first-order valence-corrected chi connectivity index (χ1v) is 23.2. The molecule has 5 aromatic carbocycles. The van der Waals surface area contributed by atoms with E-state index in [2.05, 4.69) is 123 Å². The van der Waals surface area contributed by atoms with Crippen molar-refractivity contribution in [3.8, 4) is 39.5 Å². The van der Waals surface area contributed by atoms with E-state index < -0.39 is 21.8 Å². The van der Waals surface area contributed by atoms with Gasteiger partial charge in [0.2, 0.25) is 5.71 Å². The summed E-state index contributed by atoms with van der Waals surface area (Å²) in [5.74, 6) is 1.05. The molecule has 0 aliphatic rings. The largest absolute Gasteiger partial charge is 0.486 e. The first-order valence-electron chi connectivity index (χ1n) is 22.7. The van der Waals surface area contributed by atoms with E-state index in [0.717, 1.165) is 28.0 Å². The van der Waals surface area contributed by atoms with Crippen LogP contribution in [0.15, 0.2) is 132 Å². The average Bonchev–Trinajstić information content (AvgIpc) is 3.84. The summed E-state index contributed by atoms with van der Waals surface area (Å²) >= 11 is 0. The van der Waals surface area contributed by atoms with Gasteiger partial charge in [-0.3, -0.25) is 4.98 Å². The van der Waals surface area contributed by atoms with Crippen molar-refractivity contribution in [1.29, 1.82) is 0 Å². The van der Waals surface area contributed by atoms with Crippen LogP contribution in [0.3, 0.4) is 0 Å². The first kappa shape index (κ1) is 34.4. The summed E-state index contributed by atoms with van der Waals surface area (Å²) in [6.07, 6.45) is 3.57. The molecule has 59 heavy (non-hydrogen) atoms. The molecule has 0 atom stereocenters. The van der Waals surface area contributed by atoms with E-state index in [-0.39, 0.29) is 37.5 Å². The van der Waals surface area contributed by atoms with Gasteiger partial charge in [-0.25, -0.2) is 4.98 Å². The minimum Gasteiger partial charge on any atom is -0.486 e. The van der Waals surface area contributed by atoms with E-state index in [1.54, 1.807) is 30.5 Å². The molecule has 0 unspecified atom stereocenters. The smallest absolute Gasteiger partial charge is 0.216 e. The van der Waals surface area contributed by atoms with Gasteiger partial charge in [-0.2, -0.15) is 0 Å². The van der Waals surface area contributed by atoms with Crippen molar-refractivity contribution in [1.82, 2.24) is 19.5 Å². The molecule has 0 spiro atoms. The van der Waals surface area contributed by atoms with Crippen LogP contribution in [0.1, 0.15) is 70.0 Å². The zero-order valence-corrected chi connectivity index (χ0v) is 37.7. The number of hydrogen-bond donors (Lipinski definition) is 0. The zero-order chi connectivity index (χ0) is 45.7. The van der Waals surface area contributed by atoms with Crippen LogP contribution in [0.2, 0.25) is 19.6 Å². The Morgan fingerprint density at radius 3 is 2.14 bits per heavy atom. The van der Waals surface area contributed by atoms with Crippen LogP contribution in [0.4, 0.5) is 0 Å². The molecule has 0 aliphatic heterocycles. The van der Waals surface area contributed by atoms with Crippen LogP contribution in [-0.4, -0.2) is 27.6 Å². The topological polar surface area (TPSA) is 56.7 Å². The number of hydrogen-bond acceptors (Lipinski definition) is 4. The Kier molecular flexibility index (Phi) is 9.93. The maximum atomic E-state index is 8.28. The van der Waals surface area contributed by atoms with Crippen LogP contribution in [-0.2, 0) is 20.1 Å². The fraction of sp³-hybridized carbons (Fsp3) is 0.212. The van der Waals surface area contributed by atoms with E-state index in [1.165, 1.54) is 33.5 Å². The number of aromatic nitrogens is 4. The molecule has 0 saturated heterocycles. The molecule has 0 fully saturated rings. The monoisotopic (exact) mass is 973 g/mol. The molecule has 1 radical (unpaired) electrons. The molecule has 0 bridgehead atoms. The Balaban J connectivity index is 0.000000253. The number of benzene rings is 5. The van der Waals surface area contributed by atoms with E-state index in [1.807, 2.05) is 42.6 Å². The summed E-state index contributed by atoms with van der Waals surface area (Å²) in [6, 6.07) is 43.7. The Morgan fingerprint density at radius 2 is 1.49 bits per heavy atom. The van der Waals surface area contributed by atoms with Gasteiger partial charge in [0.1, 0.15) is 0 Å². The van der Waals surface area contributed by atoms with Crippen LogP contribution in [0, 0.1) is 25.8 Å². The molecule has 0 amide bonds. The summed E-state index contributed by atoms with van der Waals surface area (Å²) in [5.41, 5.74) is 11.1. The van der Waals surface area contributed by atoms with Gasteiger partial charge in [0, 0.05) is 51.8 Å². The molecule has 9 rings (SSSR count). The molecular formula is C52H50IrN4OSi-2. The minimum absolute atomic E-state index is 0. The quantitative estimate of drug-likeness (QED) is 0.118. The van der Waals surface area contributed by atoms with Crippen molar-refractivity contribution in [2.75, 3.05) is 0 Å². The van der Waals surface area contributed by atoms with Gasteiger partial charge in [0.15, 0.2) is 0 Å². The van der Waals surface area contributed by atoms with Crippen molar-refractivity contribution in [2.24, 2.45) is 0 Å². The molecule has 0 aliphatic carbocycles. The molecule has 5 nitrogen and oxygen atoms in total. The van der Waals surface area contributed by atoms with E-state index in [0.29, 0.717) is 39.0 Å². The zero-order valence-electron chi connectivity index (χ0n) is 40.3. The minimum atomic E-state index is -2.36.